The lowest BCUT2D eigenvalue weighted by molar-refractivity contribution is -0.0161. The summed E-state index contributed by atoms with van der Waals surface area (Å²) in [6.07, 6.45) is 0.301. The summed E-state index contributed by atoms with van der Waals surface area (Å²) in [5.74, 6) is 1.06. The van der Waals surface area contributed by atoms with Crippen molar-refractivity contribution in [2.24, 2.45) is 17.8 Å². The molecule has 1 N–H and O–H groups in total. The van der Waals surface area contributed by atoms with E-state index in [1.54, 1.807) is 4.90 Å². The lowest BCUT2D eigenvalue weighted by Gasteiger charge is -2.42. The minimum absolute atomic E-state index is 0.234. The van der Waals surface area contributed by atoms with Gasteiger partial charge in [0.15, 0.2) is 0 Å². The highest BCUT2D eigenvalue weighted by Gasteiger charge is 2.36. The van der Waals surface area contributed by atoms with E-state index in [1.165, 1.54) is 0 Å². The standard InChI is InChI=1S/C15H29NO3/c1-10(2)13-9-16(8-7-12(13)11(3)17)14(18)19-15(4,5)6/h10-13,17H,7-9H2,1-6H3. The van der Waals surface area contributed by atoms with Crippen molar-refractivity contribution >= 4 is 6.09 Å². The molecule has 0 bridgehead atoms. The van der Waals surface area contributed by atoms with E-state index in [0.717, 1.165) is 6.42 Å². The van der Waals surface area contributed by atoms with E-state index in [1.807, 2.05) is 27.7 Å². The molecule has 0 aromatic heterocycles. The Morgan fingerprint density at radius 2 is 1.84 bits per heavy atom. The van der Waals surface area contributed by atoms with Gasteiger partial charge < -0.3 is 14.7 Å². The van der Waals surface area contributed by atoms with Gasteiger partial charge in [0.2, 0.25) is 0 Å². The first kappa shape index (κ1) is 16.3. The van der Waals surface area contributed by atoms with Crippen molar-refractivity contribution in [3.05, 3.63) is 0 Å². The Bertz CT molecular complexity index is 307. The number of aliphatic hydroxyl groups excluding tert-OH is 1. The molecule has 0 saturated carbocycles. The lowest BCUT2D eigenvalue weighted by atomic mass is 9.76. The fourth-order valence-corrected chi connectivity index (χ4v) is 2.80. The number of carbonyl (C=O) groups is 1. The van der Waals surface area contributed by atoms with Gasteiger partial charge in [-0.1, -0.05) is 13.8 Å². The largest absolute Gasteiger partial charge is 0.444 e. The van der Waals surface area contributed by atoms with Crippen LogP contribution in [-0.4, -0.2) is 40.9 Å². The molecule has 1 fully saturated rings. The van der Waals surface area contributed by atoms with Gasteiger partial charge in [-0.15, -0.1) is 0 Å². The Labute approximate surface area is 117 Å². The average molecular weight is 271 g/mol. The second kappa shape index (κ2) is 6.12. The molecule has 0 radical (unpaired) electrons. The fourth-order valence-electron chi connectivity index (χ4n) is 2.80. The second-order valence-corrected chi connectivity index (χ2v) is 7.03. The maximum Gasteiger partial charge on any atom is 0.410 e. The zero-order chi connectivity index (χ0) is 14.8. The number of nitrogens with zero attached hydrogens (tertiary/aromatic N) is 1. The van der Waals surface area contributed by atoms with Gasteiger partial charge in [-0.05, 0) is 51.9 Å². The summed E-state index contributed by atoms with van der Waals surface area (Å²) in [5, 5.41) is 9.87. The molecule has 1 heterocycles. The van der Waals surface area contributed by atoms with Crippen molar-refractivity contribution in [1.82, 2.24) is 4.90 Å². The van der Waals surface area contributed by atoms with Gasteiger partial charge in [-0.25, -0.2) is 4.79 Å². The van der Waals surface area contributed by atoms with Crippen molar-refractivity contribution < 1.29 is 14.6 Å². The number of piperidine rings is 1. The highest BCUT2D eigenvalue weighted by Crippen LogP contribution is 2.32. The van der Waals surface area contributed by atoms with Crippen LogP contribution in [0, 0.1) is 17.8 Å². The number of hydrogen-bond donors (Lipinski definition) is 1. The van der Waals surface area contributed by atoms with Crippen LogP contribution in [0.3, 0.4) is 0 Å². The smallest absolute Gasteiger partial charge is 0.410 e. The van der Waals surface area contributed by atoms with Crippen molar-refractivity contribution in [3.8, 4) is 0 Å². The summed E-state index contributed by atoms with van der Waals surface area (Å²) in [5.41, 5.74) is -0.453. The minimum atomic E-state index is -0.453. The third-order valence-electron chi connectivity index (χ3n) is 3.84. The molecule has 4 heteroatoms. The molecule has 19 heavy (non-hydrogen) atoms. The number of carbonyl (C=O) groups excluding carboxylic acids is 1. The Kier molecular flexibility index (Phi) is 5.25. The van der Waals surface area contributed by atoms with E-state index < -0.39 is 5.60 Å². The summed E-state index contributed by atoms with van der Waals surface area (Å²) in [6, 6.07) is 0. The highest BCUT2D eigenvalue weighted by atomic mass is 16.6. The topological polar surface area (TPSA) is 49.8 Å². The minimum Gasteiger partial charge on any atom is -0.444 e. The monoisotopic (exact) mass is 271 g/mol. The first-order chi connectivity index (χ1) is 8.61. The summed E-state index contributed by atoms with van der Waals surface area (Å²) >= 11 is 0. The molecule has 0 spiro atoms. The molecule has 1 aliphatic rings. The average Bonchev–Trinajstić information content (AvgIpc) is 2.25. The van der Waals surface area contributed by atoms with Crippen LogP contribution in [0.1, 0.15) is 48.0 Å². The molecule has 1 amide bonds. The summed E-state index contributed by atoms with van der Waals surface area (Å²) < 4.78 is 5.43. The second-order valence-electron chi connectivity index (χ2n) is 7.03. The number of amides is 1. The summed E-state index contributed by atoms with van der Waals surface area (Å²) in [7, 11) is 0. The Hall–Kier alpha value is -0.770. The van der Waals surface area contributed by atoms with Gasteiger partial charge in [-0.3, -0.25) is 0 Å². The van der Waals surface area contributed by atoms with E-state index in [4.69, 9.17) is 4.74 Å². The predicted molar refractivity (Wildman–Crippen MR) is 75.9 cm³/mol. The third-order valence-corrected chi connectivity index (χ3v) is 3.84. The van der Waals surface area contributed by atoms with E-state index in [-0.39, 0.29) is 18.1 Å². The molecule has 0 aromatic rings. The molecule has 1 rings (SSSR count). The van der Waals surface area contributed by atoms with E-state index in [2.05, 4.69) is 13.8 Å². The van der Waals surface area contributed by atoms with Crippen LogP contribution in [0.5, 0.6) is 0 Å². The molecule has 1 aliphatic heterocycles. The van der Waals surface area contributed by atoms with Gasteiger partial charge in [0.1, 0.15) is 5.60 Å². The first-order valence-corrected chi connectivity index (χ1v) is 7.28. The summed E-state index contributed by atoms with van der Waals surface area (Å²) in [6.45, 7) is 13.2. The number of likely N-dealkylation sites (tertiary alicyclic amines) is 1. The van der Waals surface area contributed by atoms with E-state index in [9.17, 15) is 9.90 Å². The van der Waals surface area contributed by atoms with E-state index >= 15 is 0 Å². The third kappa shape index (κ3) is 4.68. The van der Waals surface area contributed by atoms with Crippen LogP contribution in [-0.2, 0) is 4.74 Å². The molecule has 0 aromatic carbocycles. The Morgan fingerprint density at radius 1 is 1.26 bits per heavy atom. The predicted octanol–water partition coefficient (Wildman–Crippen LogP) is 2.90. The number of hydrogen-bond acceptors (Lipinski definition) is 3. The molecule has 3 unspecified atom stereocenters. The van der Waals surface area contributed by atoms with Crippen LogP contribution in [0.25, 0.3) is 0 Å². The molecular formula is C15H29NO3. The maximum atomic E-state index is 12.1. The zero-order valence-electron chi connectivity index (χ0n) is 13.1. The number of aliphatic hydroxyl groups is 1. The Balaban J connectivity index is 2.69. The van der Waals surface area contributed by atoms with Crippen molar-refractivity contribution in [1.29, 1.82) is 0 Å². The van der Waals surface area contributed by atoms with Crippen LogP contribution >= 0.6 is 0 Å². The van der Waals surface area contributed by atoms with E-state index in [0.29, 0.717) is 24.9 Å². The van der Waals surface area contributed by atoms with Crippen LogP contribution in [0.2, 0.25) is 0 Å². The molecule has 4 nitrogen and oxygen atoms in total. The van der Waals surface area contributed by atoms with Gasteiger partial charge >= 0.3 is 6.09 Å². The summed E-state index contributed by atoms with van der Waals surface area (Å²) in [4.78, 5) is 13.9. The molecule has 3 atom stereocenters. The zero-order valence-corrected chi connectivity index (χ0v) is 13.1. The van der Waals surface area contributed by atoms with Gasteiger partial charge in [0.25, 0.3) is 0 Å². The number of ether oxygens (including phenoxy) is 1. The quantitative estimate of drug-likeness (QED) is 0.840. The first-order valence-electron chi connectivity index (χ1n) is 7.28. The molecule has 0 aliphatic carbocycles. The lowest BCUT2D eigenvalue weighted by Crippen LogP contribution is -2.49. The normalized spacial score (nSPS) is 26.4. The fraction of sp³-hybridized carbons (Fsp3) is 0.933. The van der Waals surface area contributed by atoms with Crippen molar-refractivity contribution in [2.75, 3.05) is 13.1 Å². The van der Waals surface area contributed by atoms with Gasteiger partial charge in [-0.2, -0.15) is 0 Å². The van der Waals surface area contributed by atoms with Crippen LogP contribution in [0.4, 0.5) is 4.79 Å². The van der Waals surface area contributed by atoms with Crippen LogP contribution < -0.4 is 0 Å². The van der Waals surface area contributed by atoms with Gasteiger partial charge in [0.05, 0.1) is 6.10 Å². The van der Waals surface area contributed by atoms with Gasteiger partial charge in [0, 0.05) is 13.1 Å². The SMILES string of the molecule is CC(C)C1CN(C(=O)OC(C)(C)C)CCC1C(C)O. The molecule has 1 saturated heterocycles. The highest BCUT2D eigenvalue weighted by molar-refractivity contribution is 5.68. The molecular weight excluding hydrogens is 242 g/mol. The molecule has 112 valence electrons. The number of rotatable bonds is 2. The maximum absolute atomic E-state index is 12.1. The van der Waals surface area contributed by atoms with Crippen LogP contribution in [0.15, 0.2) is 0 Å². The Morgan fingerprint density at radius 3 is 2.26 bits per heavy atom. The van der Waals surface area contributed by atoms with Crippen molar-refractivity contribution in [2.45, 2.75) is 59.7 Å². The van der Waals surface area contributed by atoms with Crippen molar-refractivity contribution in [3.63, 3.8) is 0 Å².